The molecule has 0 aromatic heterocycles. The first-order valence-corrected chi connectivity index (χ1v) is 11.0. The Labute approximate surface area is 170 Å². The molecule has 1 aliphatic carbocycles. The number of unbranched alkanes of at least 4 members (excludes halogenated alkanes) is 1. The summed E-state index contributed by atoms with van der Waals surface area (Å²) in [7, 11) is 0. The van der Waals surface area contributed by atoms with Gasteiger partial charge in [0, 0.05) is 18.3 Å². The van der Waals surface area contributed by atoms with E-state index in [-0.39, 0.29) is 0 Å². The second-order valence-electron chi connectivity index (χ2n) is 8.27. The van der Waals surface area contributed by atoms with E-state index in [2.05, 4.69) is 61.9 Å². The number of anilines is 1. The molecule has 2 aromatic carbocycles. The van der Waals surface area contributed by atoms with Crippen LogP contribution in [0.2, 0.25) is 0 Å². The molecule has 0 saturated carbocycles. The Morgan fingerprint density at radius 2 is 1.89 bits per heavy atom. The van der Waals surface area contributed by atoms with Crippen LogP contribution in [0.1, 0.15) is 63.1 Å². The molecule has 0 radical (unpaired) electrons. The minimum Gasteiger partial charge on any atom is -0.408 e. The molecule has 0 fully saturated rings. The molecule has 1 aliphatic rings. The fourth-order valence-corrected chi connectivity index (χ4v) is 3.87. The highest BCUT2D eigenvalue weighted by Crippen LogP contribution is 2.24. The summed E-state index contributed by atoms with van der Waals surface area (Å²) in [4.78, 5) is 5.86. The summed E-state index contributed by atoms with van der Waals surface area (Å²) in [6, 6.07) is 15.6. The molecule has 2 unspecified atom stereocenters. The Hall–Kier alpha value is -2.00. The minimum absolute atomic E-state index is 0.372. The first kappa shape index (κ1) is 20.7. The number of hydrogen-bond donors (Lipinski definition) is 2. The van der Waals surface area contributed by atoms with Crippen LogP contribution in [0, 0.1) is 5.92 Å². The van der Waals surface area contributed by atoms with Crippen LogP contribution in [-0.4, -0.2) is 12.6 Å². The summed E-state index contributed by atoms with van der Waals surface area (Å²) >= 11 is 0. The highest BCUT2D eigenvalue weighted by atomic mass is 16.6. The quantitative estimate of drug-likeness (QED) is 0.501. The van der Waals surface area contributed by atoms with Crippen molar-refractivity contribution < 1.29 is 4.84 Å². The number of hydrogen-bond acceptors (Lipinski definition) is 3. The standard InChI is InChI=1S/C25H36N2O/c1-4-6-7-19(3)18-26-23-12-14-25(15-13-23)28-27-24-11-10-21-16-20(5-2)8-9-22(21)17-24/h8-9,12-16,19,24,26-27H,4-7,10-11,17-18H2,1-3H3. The molecule has 152 valence electrons. The molecule has 0 bridgehead atoms. The number of rotatable bonds is 10. The van der Waals surface area contributed by atoms with E-state index in [0.717, 1.165) is 43.7 Å². The zero-order chi connectivity index (χ0) is 19.8. The van der Waals surface area contributed by atoms with E-state index in [1.165, 1.54) is 36.0 Å². The van der Waals surface area contributed by atoms with E-state index in [4.69, 9.17) is 4.84 Å². The van der Waals surface area contributed by atoms with Crippen LogP contribution in [0.25, 0.3) is 0 Å². The molecular weight excluding hydrogens is 344 g/mol. The monoisotopic (exact) mass is 380 g/mol. The van der Waals surface area contributed by atoms with Gasteiger partial charge in [0.15, 0.2) is 0 Å². The van der Waals surface area contributed by atoms with Crippen molar-refractivity contribution in [2.45, 2.75) is 71.8 Å². The third-order valence-electron chi connectivity index (χ3n) is 5.81. The summed E-state index contributed by atoms with van der Waals surface area (Å²) in [6.07, 6.45) is 8.27. The molecule has 0 aliphatic heterocycles. The molecule has 3 heteroatoms. The first-order valence-electron chi connectivity index (χ1n) is 11.0. The van der Waals surface area contributed by atoms with E-state index in [1.807, 2.05) is 12.1 Å². The lowest BCUT2D eigenvalue weighted by Gasteiger charge is -2.25. The Balaban J connectivity index is 1.43. The van der Waals surface area contributed by atoms with Crippen molar-refractivity contribution in [1.82, 2.24) is 5.48 Å². The third-order valence-corrected chi connectivity index (χ3v) is 5.81. The van der Waals surface area contributed by atoms with Crippen LogP contribution in [0.3, 0.4) is 0 Å². The molecule has 2 atom stereocenters. The minimum atomic E-state index is 0.372. The Bertz CT molecular complexity index is 726. The fraction of sp³-hybridized carbons (Fsp3) is 0.520. The van der Waals surface area contributed by atoms with Crippen LogP contribution in [0.15, 0.2) is 42.5 Å². The number of benzene rings is 2. The van der Waals surface area contributed by atoms with Gasteiger partial charge in [0.25, 0.3) is 0 Å². The largest absolute Gasteiger partial charge is 0.408 e. The smallest absolute Gasteiger partial charge is 0.147 e. The summed E-state index contributed by atoms with van der Waals surface area (Å²) in [5.41, 5.74) is 8.85. The molecule has 2 N–H and O–H groups in total. The molecule has 3 rings (SSSR count). The van der Waals surface area contributed by atoms with E-state index in [0.29, 0.717) is 12.0 Å². The molecule has 0 amide bonds. The Morgan fingerprint density at radius 3 is 2.64 bits per heavy atom. The topological polar surface area (TPSA) is 33.3 Å². The van der Waals surface area contributed by atoms with Crippen molar-refractivity contribution in [3.05, 3.63) is 59.2 Å². The van der Waals surface area contributed by atoms with Crippen LogP contribution in [0.4, 0.5) is 5.69 Å². The van der Waals surface area contributed by atoms with Gasteiger partial charge < -0.3 is 10.2 Å². The van der Waals surface area contributed by atoms with Gasteiger partial charge in [-0.3, -0.25) is 0 Å². The van der Waals surface area contributed by atoms with Crippen molar-refractivity contribution in [3.8, 4) is 5.75 Å². The van der Waals surface area contributed by atoms with E-state index in [9.17, 15) is 0 Å². The summed E-state index contributed by atoms with van der Waals surface area (Å²) in [5, 5.41) is 3.53. The number of aryl methyl sites for hydroxylation is 2. The summed E-state index contributed by atoms with van der Waals surface area (Å²) in [5.74, 6) is 1.58. The highest BCUT2D eigenvalue weighted by molar-refractivity contribution is 5.46. The van der Waals surface area contributed by atoms with Crippen LogP contribution in [0.5, 0.6) is 5.75 Å². The van der Waals surface area contributed by atoms with Gasteiger partial charge >= 0.3 is 0 Å². The van der Waals surface area contributed by atoms with Crippen LogP contribution in [-0.2, 0) is 19.3 Å². The van der Waals surface area contributed by atoms with Crippen LogP contribution < -0.4 is 15.6 Å². The van der Waals surface area contributed by atoms with E-state index in [1.54, 1.807) is 0 Å². The summed E-state index contributed by atoms with van der Waals surface area (Å²) < 4.78 is 0. The highest BCUT2D eigenvalue weighted by Gasteiger charge is 2.19. The maximum Gasteiger partial charge on any atom is 0.147 e. The zero-order valence-electron chi connectivity index (χ0n) is 17.8. The lowest BCUT2D eigenvalue weighted by atomic mass is 9.87. The first-order chi connectivity index (χ1) is 13.7. The maximum absolute atomic E-state index is 5.86. The fourth-order valence-electron chi connectivity index (χ4n) is 3.87. The SMILES string of the molecule is CCCCC(C)CNc1ccc(ONC2CCc3cc(CC)ccc3C2)cc1. The van der Waals surface area contributed by atoms with Crippen molar-refractivity contribution in [3.63, 3.8) is 0 Å². The molecule has 0 heterocycles. The van der Waals surface area contributed by atoms with Crippen molar-refractivity contribution in [1.29, 1.82) is 0 Å². The molecule has 28 heavy (non-hydrogen) atoms. The normalized spacial score (nSPS) is 17.0. The Morgan fingerprint density at radius 1 is 1.07 bits per heavy atom. The van der Waals surface area contributed by atoms with Gasteiger partial charge in [-0.25, -0.2) is 0 Å². The lowest BCUT2D eigenvalue weighted by Crippen LogP contribution is -2.36. The number of hydroxylamine groups is 1. The van der Waals surface area contributed by atoms with Gasteiger partial charge in [-0.2, -0.15) is 5.48 Å². The number of nitrogens with one attached hydrogen (secondary N) is 2. The lowest BCUT2D eigenvalue weighted by molar-refractivity contribution is 0.146. The molecule has 0 saturated heterocycles. The van der Waals surface area contributed by atoms with Crippen molar-refractivity contribution in [2.24, 2.45) is 5.92 Å². The number of fused-ring (bicyclic) bond motifs is 1. The van der Waals surface area contributed by atoms with Gasteiger partial charge in [0.05, 0.1) is 0 Å². The van der Waals surface area contributed by atoms with Crippen molar-refractivity contribution >= 4 is 5.69 Å². The van der Waals surface area contributed by atoms with Gasteiger partial charge in [0.2, 0.25) is 0 Å². The molecule has 3 nitrogen and oxygen atoms in total. The molecule has 2 aromatic rings. The second kappa shape index (κ2) is 10.5. The van der Waals surface area contributed by atoms with Crippen molar-refractivity contribution in [2.75, 3.05) is 11.9 Å². The predicted octanol–water partition coefficient (Wildman–Crippen LogP) is 5.93. The van der Waals surface area contributed by atoms with Gasteiger partial charge in [-0.1, -0.05) is 51.8 Å². The second-order valence-corrected chi connectivity index (χ2v) is 8.27. The van der Waals surface area contributed by atoms with Gasteiger partial charge in [-0.05, 0) is 79.0 Å². The Kier molecular flexibility index (Phi) is 7.79. The maximum atomic E-state index is 5.86. The summed E-state index contributed by atoms with van der Waals surface area (Å²) in [6.45, 7) is 7.81. The van der Waals surface area contributed by atoms with Gasteiger partial charge in [0.1, 0.15) is 5.75 Å². The van der Waals surface area contributed by atoms with E-state index < -0.39 is 0 Å². The molecular formula is C25H36N2O. The average molecular weight is 381 g/mol. The van der Waals surface area contributed by atoms with Crippen LogP contribution >= 0.6 is 0 Å². The zero-order valence-corrected chi connectivity index (χ0v) is 17.8. The average Bonchev–Trinajstić information content (AvgIpc) is 2.75. The molecule has 0 spiro atoms. The van der Waals surface area contributed by atoms with E-state index >= 15 is 0 Å². The van der Waals surface area contributed by atoms with Gasteiger partial charge in [-0.15, -0.1) is 0 Å². The third kappa shape index (κ3) is 6.00. The predicted molar refractivity (Wildman–Crippen MR) is 119 cm³/mol.